The van der Waals surface area contributed by atoms with Crippen molar-refractivity contribution in [3.05, 3.63) is 169 Å². The van der Waals surface area contributed by atoms with E-state index in [1.807, 2.05) is 78.9 Å². The number of fused-ring (bicyclic) bond motifs is 7. The normalized spacial score (nSPS) is 15.5. The summed E-state index contributed by atoms with van der Waals surface area (Å²) in [5.41, 5.74) is 9.57. The van der Waals surface area contributed by atoms with Gasteiger partial charge in [0.05, 0.1) is 57.3 Å². The van der Waals surface area contributed by atoms with E-state index < -0.39 is 0 Å². The lowest BCUT2D eigenvalue weighted by atomic mass is 10.1. The van der Waals surface area contributed by atoms with E-state index in [0.717, 1.165) is 93.8 Å². The quantitative estimate of drug-likeness (QED) is 0.0480. The third-order valence-corrected chi connectivity index (χ3v) is 12.1. The van der Waals surface area contributed by atoms with Crippen LogP contribution in [0.1, 0.15) is 47.9 Å². The summed E-state index contributed by atoms with van der Waals surface area (Å²) in [4.78, 5) is 23.2. The summed E-state index contributed by atoms with van der Waals surface area (Å²) >= 11 is 0. The summed E-state index contributed by atoms with van der Waals surface area (Å²) in [7, 11) is 0. The molecule has 2 aromatic heterocycles. The van der Waals surface area contributed by atoms with Gasteiger partial charge < -0.3 is 39.1 Å². The smallest absolute Gasteiger partial charge is 0.227 e. The molecule has 0 spiro atoms. The molecule has 0 atom stereocenters. The first-order chi connectivity index (χ1) is 35.1. The lowest BCUT2D eigenvalue weighted by molar-refractivity contribution is 0.138. The van der Waals surface area contributed by atoms with E-state index in [1.165, 1.54) is 45.0 Å². The third kappa shape index (κ3) is 16.0. The van der Waals surface area contributed by atoms with Gasteiger partial charge in [-0.2, -0.15) is 0 Å². The van der Waals surface area contributed by atoms with Gasteiger partial charge in [-0.15, -0.1) is 6.58 Å². The Bertz CT molecular complexity index is 2650. The van der Waals surface area contributed by atoms with Crippen LogP contribution in [0.4, 0.5) is 23.3 Å². The van der Waals surface area contributed by atoms with E-state index in [-0.39, 0.29) is 0 Å². The van der Waals surface area contributed by atoms with Gasteiger partial charge in [-0.3, -0.25) is 9.80 Å². The molecule has 2 N–H and O–H groups in total. The molecule has 0 unspecified atom stereocenters. The lowest BCUT2D eigenvalue weighted by Gasteiger charge is -2.17. The van der Waals surface area contributed by atoms with Gasteiger partial charge in [0.1, 0.15) is 31.3 Å². The van der Waals surface area contributed by atoms with Crippen molar-refractivity contribution in [2.45, 2.75) is 52.1 Å². The maximum Gasteiger partial charge on any atom is 0.227 e. The molecule has 71 heavy (non-hydrogen) atoms. The number of benzene rings is 4. The number of hydrogen-bond acceptors (Lipinski definition) is 14. The van der Waals surface area contributed by atoms with Gasteiger partial charge >= 0.3 is 0 Å². The largest absolute Gasteiger partial charge is 0.497 e. The standard InChI is InChI=1S/C29H34N4O3.C28H32N4O3/c1-3-17-35-22-25-20-26(10-11-28(25)36-18-16-33-14-5-6-15-33)31-29-30-13-12-27(32-29)24-9-7-8-23(19-24)21-34-4-2;1-2-13-32(12-1)14-17-35-27-9-8-25-19-24(27)21-34-16-4-3-15-33-20-22-6-5-7-23(18-22)26-10-11-29-28(30-25)31-26/h3-4,7-13,19-20H,1-2,5-6,14-18,21-22H2,(H,30,31,32);3-11,18-19H,1-2,12-17,20-21H2,(H,29,30,31)/b;4-3+. The van der Waals surface area contributed by atoms with E-state index in [4.69, 9.17) is 38.4 Å². The molecule has 6 aromatic rings. The van der Waals surface area contributed by atoms with Gasteiger partial charge in [-0.25, -0.2) is 19.9 Å². The minimum atomic E-state index is 0.432. The van der Waals surface area contributed by atoms with Gasteiger partial charge in [0.2, 0.25) is 11.9 Å². The van der Waals surface area contributed by atoms with Crippen LogP contribution in [0.5, 0.6) is 11.5 Å². The molecular weight excluding hydrogens is 893 g/mol. The van der Waals surface area contributed by atoms with E-state index in [2.05, 4.69) is 73.9 Å². The third-order valence-electron chi connectivity index (χ3n) is 12.1. The lowest BCUT2D eigenvalue weighted by Crippen LogP contribution is -2.25. The number of anilines is 4. The Morgan fingerprint density at radius 1 is 0.676 bits per heavy atom. The van der Waals surface area contributed by atoms with Gasteiger partial charge in [0, 0.05) is 59.1 Å². The van der Waals surface area contributed by atoms with E-state index in [0.29, 0.717) is 71.4 Å². The second-order valence-corrected chi connectivity index (χ2v) is 17.4. The van der Waals surface area contributed by atoms with Crippen LogP contribution in [0.25, 0.3) is 22.5 Å². The number of nitrogens with zero attached hydrogens (tertiary/aromatic N) is 6. The second kappa shape index (κ2) is 27.5. The summed E-state index contributed by atoms with van der Waals surface area (Å²) < 4.78 is 35.1. The molecule has 0 saturated carbocycles. The molecule has 2 fully saturated rings. The highest BCUT2D eigenvalue weighted by Gasteiger charge is 2.15. The van der Waals surface area contributed by atoms with Crippen LogP contribution in [0.3, 0.4) is 0 Å². The Morgan fingerprint density at radius 2 is 1.37 bits per heavy atom. The van der Waals surface area contributed by atoms with E-state index >= 15 is 0 Å². The Kier molecular flexibility index (Phi) is 19.5. The molecule has 14 heteroatoms. The zero-order valence-electron chi connectivity index (χ0n) is 40.7. The number of aromatic nitrogens is 4. The molecule has 9 rings (SSSR count). The van der Waals surface area contributed by atoms with Crippen LogP contribution < -0.4 is 20.1 Å². The fourth-order valence-corrected chi connectivity index (χ4v) is 8.49. The average Bonchev–Trinajstić information content (AvgIpc) is 4.14. The molecule has 6 bridgehead atoms. The topological polar surface area (TPSA) is 137 Å². The van der Waals surface area contributed by atoms with Gasteiger partial charge in [-0.1, -0.05) is 61.2 Å². The first-order valence-corrected chi connectivity index (χ1v) is 24.6. The summed E-state index contributed by atoms with van der Waals surface area (Å²) in [5, 5.41) is 6.67. The zero-order valence-corrected chi connectivity index (χ0v) is 40.7. The van der Waals surface area contributed by atoms with Crippen molar-refractivity contribution in [1.82, 2.24) is 29.7 Å². The van der Waals surface area contributed by atoms with Crippen molar-refractivity contribution in [2.75, 3.05) is 82.9 Å². The highest BCUT2D eigenvalue weighted by atomic mass is 16.5. The Balaban J connectivity index is 0.000000190. The average molecular weight is 959 g/mol. The molecule has 0 radical (unpaired) electrons. The second-order valence-electron chi connectivity index (χ2n) is 17.4. The highest BCUT2D eigenvalue weighted by Crippen LogP contribution is 2.29. The van der Waals surface area contributed by atoms with Crippen molar-refractivity contribution in [2.24, 2.45) is 0 Å². The monoisotopic (exact) mass is 959 g/mol. The molecule has 4 aromatic carbocycles. The molecule has 370 valence electrons. The van der Waals surface area contributed by atoms with Crippen molar-refractivity contribution in [1.29, 1.82) is 0 Å². The number of nitrogens with one attached hydrogen (secondary N) is 2. The molecule has 14 nitrogen and oxygen atoms in total. The Morgan fingerprint density at radius 3 is 2.13 bits per heavy atom. The van der Waals surface area contributed by atoms with Gasteiger partial charge in [-0.05, 0) is 124 Å². The fourth-order valence-electron chi connectivity index (χ4n) is 8.49. The minimum absolute atomic E-state index is 0.432. The van der Waals surface area contributed by atoms with Gasteiger partial charge in [0.25, 0.3) is 0 Å². The van der Waals surface area contributed by atoms with Crippen LogP contribution >= 0.6 is 0 Å². The van der Waals surface area contributed by atoms with Crippen LogP contribution in [0.15, 0.2) is 147 Å². The molecule has 2 saturated heterocycles. The summed E-state index contributed by atoms with van der Waals surface area (Å²) in [6.45, 7) is 18.6. The summed E-state index contributed by atoms with van der Waals surface area (Å²) in [5.74, 6) is 2.74. The van der Waals surface area contributed by atoms with Gasteiger partial charge in [0.15, 0.2) is 0 Å². The molecule has 0 amide bonds. The molecule has 3 aliphatic heterocycles. The Hall–Kier alpha value is -6.94. The van der Waals surface area contributed by atoms with E-state index in [9.17, 15) is 0 Å². The summed E-state index contributed by atoms with van der Waals surface area (Å²) in [6.07, 6.45) is 15.8. The highest BCUT2D eigenvalue weighted by molar-refractivity contribution is 5.65. The van der Waals surface area contributed by atoms with Crippen LogP contribution in [0.2, 0.25) is 0 Å². The number of ether oxygens (including phenoxy) is 6. The molecule has 3 aliphatic rings. The van der Waals surface area contributed by atoms with E-state index in [1.54, 1.807) is 18.5 Å². The number of likely N-dealkylation sites (tertiary alicyclic amines) is 2. The van der Waals surface area contributed by atoms with Crippen molar-refractivity contribution in [3.8, 4) is 34.0 Å². The number of rotatable bonds is 18. The minimum Gasteiger partial charge on any atom is -0.497 e. The fraction of sp³-hybridized carbons (Fsp3) is 0.333. The van der Waals surface area contributed by atoms with Crippen LogP contribution in [-0.4, -0.2) is 102 Å². The maximum atomic E-state index is 6.16. The first-order valence-electron chi connectivity index (χ1n) is 24.6. The van der Waals surface area contributed by atoms with Crippen molar-refractivity contribution in [3.63, 3.8) is 0 Å². The van der Waals surface area contributed by atoms with Crippen molar-refractivity contribution >= 4 is 23.3 Å². The molecule has 5 heterocycles. The van der Waals surface area contributed by atoms with Crippen molar-refractivity contribution < 1.29 is 28.4 Å². The predicted molar refractivity (Wildman–Crippen MR) is 280 cm³/mol. The number of hydrogen-bond donors (Lipinski definition) is 2. The SMILES string of the molecule is C1=C/COCc2cc(ccc2OCCN2CCCC2)Nc2nccc(n2)-c2cccc(c2)COC/1.C=CCOCc1cc(Nc2nccc(-c3cccc(COC=C)c3)n2)ccc1OCCN1CCCC1. The van der Waals surface area contributed by atoms with Crippen LogP contribution in [0, 0.1) is 0 Å². The zero-order chi connectivity index (χ0) is 48.7. The molecular formula is C57H66N8O6. The first kappa shape index (κ1) is 50.4. The molecule has 0 aliphatic carbocycles. The maximum absolute atomic E-state index is 6.16. The van der Waals surface area contributed by atoms with Crippen LogP contribution in [-0.2, 0) is 45.4 Å². The predicted octanol–water partition coefficient (Wildman–Crippen LogP) is 10.7. The summed E-state index contributed by atoms with van der Waals surface area (Å²) in [6, 6.07) is 32.2. The Labute approximate surface area is 418 Å².